The Kier molecular flexibility index (Phi) is 14.3. The highest BCUT2D eigenvalue weighted by molar-refractivity contribution is 6.00. The van der Waals surface area contributed by atoms with Crippen molar-refractivity contribution in [2.45, 2.75) is 90.1 Å². The van der Waals surface area contributed by atoms with Gasteiger partial charge in [0.25, 0.3) is 5.91 Å². The van der Waals surface area contributed by atoms with Gasteiger partial charge in [-0.15, -0.1) is 0 Å². The molecule has 0 radical (unpaired) electrons. The quantitative estimate of drug-likeness (QED) is 0.108. The van der Waals surface area contributed by atoms with Crippen LogP contribution in [0.2, 0.25) is 0 Å². The highest BCUT2D eigenvalue weighted by Crippen LogP contribution is 2.40. The van der Waals surface area contributed by atoms with Gasteiger partial charge in [0.2, 0.25) is 23.6 Å². The Morgan fingerprint density at radius 2 is 1.67 bits per heavy atom. The van der Waals surface area contributed by atoms with Gasteiger partial charge in [0.05, 0.1) is 23.0 Å². The molecule has 4 unspecified atom stereocenters. The van der Waals surface area contributed by atoms with Crippen LogP contribution < -0.4 is 37.1 Å². The zero-order valence-electron chi connectivity index (χ0n) is 37.2. The Hall–Kier alpha value is -6.90. The van der Waals surface area contributed by atoms with E-state index < -0.39 is 53.7 Å². The summed E-state index contributed by atoms with van der Waals surface area (Å²) in [5.74, 6) is -2.67. The number of nitriles is 1. The van der Waals surface area contributed by atoms with E-state index in [2.05, 4.69) is 57.3 Å². The minimum atomic E-state index is -1.42. The van der Waals surface area contributed by atoms with Crippen molar-refractivity contribution < 1.29 is 33.8 Å². The summed E-state index contributed by atoms with van der Waals surface area (Å²) in [4.78, 5) is 80.6. The number of rotatable bonds is 11. The van der Waals surface area contributed by atoms with Crippen LogP contribution in [0.5, 0.6) is 11.5 Å². The van der Waals surface area contributed by atoms with E-state index in [-0.39, 0.29) is 59.9 Å². The van der Waals surface area contributed by atoms with Crippen molar-refractivity contribution >= 4 is 29.5 Å². The third kappa shape index (κ3) is 10.5. The monoisotopic (exact) mass is 872 g/mol. The number of aromatic nitrogens is 2. The fourth-order valence-electron chi connectivity index (χ4n) is 7.70. The van der Waals surface area contributed by atoms with Gasteiger partial charge in [-0.05, 0) is 80.1 Å². The first-order chi connectivity index (χ1) is 30.4. The van der Waals surface area contributed by atoms with Crippen LogP contribution in [0.3, 0.4) is 0 Å². The molecule has 2 aliphatic rings. The minimum Gasteiger partial charge on any atom is -0.507 e. The summed E-state index contributed by atoms with van der Waals surface area (Å²) < 4.78 is 6.30. The third-order valence-electron chi connectivity index (χ3n) is 11.4. The van der Waals surface area contributed by atoms with Crippen molar-refractivity contribution in [2.24, 2.45) is 5.73 Å². The molecule has 0 saturated carbocycles. The van der Waals surface area contributed by atoms with Crippen LogP contribution in [0.1, 0.15) is 78.6 Å². The summed E-state index contributed by atoms with van der Waals surface area (Å²) in [6, 6.07) is 14.4. The number of carbonyl (C=O) groups is 5. The fraction of sp³-hybridized carbons (Fsp3) is 0.404. The van der Waals surface area contributed by atoms with Crippen LogP contribution in [0.15, 0.2) is 60.7 Å². The van der Waals surface area contributed by atoms with E-state index in [1.807, 2.05) is 30.3 Å². The molecule has 1 fully saturated rings. The van der Waals surface area contributed by atoms with Crippen molar-refractivity contribution in [3.8, 4) is 40.1 Å². The lowest BCUT2D eigenvalue weighted by Crippen LogP contribution is -2.56. The Labute approximate surface area is 372 Å². The molecule has 3 heterocycles. The molecule has 3 aromatic carbocycles. The summed E-state index contributed by atoms with van der Waals surface area (Å²) in [7, 11) is 1.40. The molecule has 336 valence electrons. The van der Waals surface area contributed by atoms with E-state index in [9.17, 15) is 29.1 Å². The Morgan fingerprint density at radius 1 is 0.984 bits per heavy atom. The number of aromatic hydroxyl groups is 1. The van der Waals surface area contributed by atoms with E-state index in [0.717, 1.165) is 16.0 Å². The van der Waals surface area contributed by atoms with E-state index in [1.165, 1.54) is 26.1 Å². The van der Waals surface area contributed by atoms with Crippen molar-refractivity contribution in [1.29, 1.82) is 5.26 Å². The van der Waals surface area contributed by atoms with E-state index >= 15 is 0 Å². The molecule has 64 heavy (non-hydrogen) atoms. The first-order valence-electron chi connectivity index (χ1n) is 21.2. The lowest BCUT2D eigenvalue weighted by Gasteiger charge is -2.33. The molecule has 0 aliphatic carbocycles. The molecule has 17 nitrogen and oxygen atoms in total. The number of nitrogens with zero attached hydrogens (tertiary/aromatic N) is 4. The summed E-state index contributed by atoms with van der Waals surface area (Å²) in [6.45, 7) is 12.1. The van der Waals surface area contributed by atoms with Gasteiger partial charge in [0, 0.05) is 43.2 Å². The van der Waals surface area contributed by atoms with Gasteiger partial charge in [-0.25, -0.2) is 9.97 Å². The summed E-state index contributed by atoms with van der Waals surface area (Å²) in [6.07, 6.45) is -0.165. The number of nitrogens with two attached hydrogens (primary N) is 1. The summed E-state index contributed by atoms with van der Waals surface area (Å²) in [5.41, 5.74) is 10.4. The highest BCUT2D eigenvalue weighted by Gasteiger charge is 2.36. The Bertz CT molecular complexity index is 2450. The average Bonchev–Trinajstić information content (AvgIpc) is 3.23. The van der Waals surface area contributed by atoms with Crippen molar-refractivity contribution in [2.75, 3.05) is 33.2 Å². The molecular weight excluding hydrogens is 817 g/mol. The van der Waals surface area contributed by atoms with Crippen LogP contribution in [-0.2, 0) is 31.0 Å². The molecule has 1 aromatic heterocycles. The van der Waals surface area contributed by atoms with Gasteiger partial charge in [-0.1, -0.05) is 57.2 Å². The molecule has 4 atom stereocenters. The van der Waals surface area contributed by atoms with Crippen molar-refractivity contribution in [1.82, 2.24) is 41.5 Å². The number of benzene rings is 3. The summed E-state index contributed by atoms with van der Waals surface area (Å²) in [5, 5.41) is 34.4. The van der Waals surface area contributed by atoms with E-state index in [1.54, 1.807) is 38.1 Å². The number of phenols is 1. The molecular formula is C47H56N10O7. The number of fused-ring (bicyclic) bond motifs is 5. The first-order valence-corrected chi connectivity index (χ1v) is 21.2. The van der Waals surface area contributed by atoms with Gasteiger partial charge in [0.15, 0.2) is 5.82 Å². The number of hydrogen-bond acceptors (Lipinski definition) is 12. The maximum absolute atomic E-state index is 14.6. The second-order valence-corrected chi connectivity index (χ2v) is 17.3. The van der Waals surface area contributed by atoms with Gasteiger partial charge in [0.1, 0.15) is 48.3 Å². The van der Waals surface area contributed by atoms with Crippen LogP contribution in [0.4, 0.5) is 0 Å². The number of carbonyl (C=O) groups excluding carboxylic acids is 5. The molecule has 8 N–H and O–H groups in total. The minimum absolute atomic E-state index is 0.00117. The number of phenolic OH excluding ortho intramolecular Hbond substituents is 1. The lowest BCUT2D eigenvalue weighted by molar-refractivity contribution is -0.141. The third-order valence-corrected chi connectivity index (χ3v) is 11.4. The lowest BCUT2D eigenvalue weighted by atomic mass is 9.86. The number of likely N-dealkylation sites (N-methyl/N-ethyl adjacent to an activating group) is 1. The maximum atomic E-state index is 14.6. The molecule has 4 aromatic rings. The fourth-order valence-corrected chi connectivity index (χ4v) is 7.70. The van der Waals surface area contributed by atoms with Crippen LogP contribution in [-0.4, -0.2) is 107 Å². The van der Waals surface area contributed by atoms with Gasteiger partial charge in [-0.3, -0.25) is 24.0 Å². The van der Waals surface area contributed by atoms with Crippen molar-refractivity contribution in [3.63, 3.8) is 0 Å². The van der Waals surface area contributed by atoms with E-state index in [0.29, 0.717) is 47.2 Å². The molecule has 6 rings (SSSR count). The highest BCUT2D eigenvalue weighted by atomic mass is 16.5. The van der Waals surface area contributed by atoms with Crippen LogP contribution in [0.25, 0.3) is 22.5 Å². The predicted molar refractivity (Wildman–Crippen MR) is 239 cm³/mol. The van der Waals surface area contributed by atoms with Crippen LogP contribution in [0, 0.1) is 25.2 Å². The number of aryl methyl sites for hydroxylation is 2. The maximum Gasteiger partial charge on any atom is 0.255 e. The number of amides is 5. The van der Waals surface area contributed by atoms with Crippen molar-refractivity contribution in [3.05, 3.63) is 94.3 Å². The normalized spacial score (nSPS) is 18.2. The SMILES string of the molecule is Cc1nc(-c2ccc(C(C)(C)C)cc2)nc(C)c1C(=O)NC(CCN)C(=O)N(C)C1C(=O)NC(C)C(=O)NC(C(=O)NCC#N)Cc2ccc(OC3CNC3)c(c2)-c2cc1ccc2O. The molecule has 2 aliphatic heterocycles. The zero-order chi connectivity index (χ0) is 46.5. The van der Waals surface area contributed by atoms with Gasteiger partial charge < -0.3 is 47.1 Å². The Balaban J connectivity index is 1.35. The van der Waals surface area contributed by atoms with Crippen LogP contribution >= 0.6 is 0 Å². The number of hydrogen-bond donors (Lipinski definition) is 7. The molecule has 5 amide bonds. The summed E-state index contributed by atoms with van der Waals surface area (Å²) >= 11 is 0. The molecule has 17 heteroatoms. The second-order valence-electron chi connectivity index (χ2n) is 17.3. The predicted octanol–water partition coefficient (Wildman–Crippen LogP) is 2.61. The molecule has 4 bridgehead atoms. The topological polar surface area (TPSA) is 254 Å². The zero-order valence-corrected chi connectivity index (χ0v) is 37.2. The van der Waals surface area contributed by atoms with E-state index in [4.69, 9.17) is 15.7 Å². The number of ether oxygens (including phenoxy) is 1. The smallest absolute Gasteiger partial charge is 0.255 e. The number of nitrogens with one attached hydrogen (secondary N) is 5. The van der Waals surface area contributed by atoms with Gasteiger partial charge in [-0.2, -0.15) is 5.26 Å². The second kappa shape index (κ2) is 19.7. The average molecular weight is 873 g/mol. The Morgan fingerprint density at radius 3 is 2.28 bits per heavy atom. The first kappa shape index (κ1) is 46.6. The largest absolute Gasteiger partial charge is 0.507 e. The molecule has 1 saturated heterocycles. The molecule has 0 spiro atoms. The standard InChI is InChI=1S/C47H56N10O7/c1-25-39(26(2)53-41(52-25)29-9-12-31(13-10-29)47(4,5)6)44(61)55-35(16-17-48)46(63)57(7)40-30-11-14-37(58)33(22-30)34-20-28(8-15-38(34)64-32-23-50-24-32)21-36(43(60)51-19-18-49)56-42(59)27(3)54-45(40)62/h8-15,20,22,27,32,35-36,40,50,58H,16-17,19,21,23-24,48H2,1-7H3,(H,51,60)(H,54,62)(H,55,61)(H,56,59). The van der Waals surface area contributed by atoms with Gasteiger partial charge >= 0.3 is 0 Å².